The standard InChI is InChI=1S/C24H29NO8/c1-13(26)5-22(28)32-16-3-4-24-17-9-19-18(30-12-31-19)7-15(17)10-25(20(24)8-16)11-21(24)33-23(29)6-14(2)27/h3-4,7,9,13-14,16,20-21,26-27H,5-6,8,10-12H2,1-2H3/t13?,14?,16-,20-,21-,24-/m0/s1. The molecule has 5 rings (SSSR count). The number of rotatable bonds is 6. The van der Waals surface area contributed by atoms with E-state index in [9.17, 15) is 19.8 Å². The smallest absolute Gasteiger partial charge is 0.308 e. The molecule has 4 aliphatic rings. The molecule has 0 aromatic heterocycles. The fourth-order valence-corrected chi connectivity index (χ4v) is 5.62. The molecule has 33 heavy (non-hydrogen) atoms. The van der Waals surface area contributed by atoms with E-state index in [0.717, 1.165) is 11.1 Å². The topological polar surface area (TPSA) is 115 Å². The lowest BCUT2D eigenvalue weighted by atomic mass is 9.65. The number of aliphatic hydroxyl groups is 2. The lowest BCUT2D eigenvalue weighted by Crippen LogP contribution is -2.53. The molecule has 7 atom stereocenters. The minimum absolute atomic E-state index is 0.0518. The lowest BCUT2D eigenvalue weighted by Gasteiger charge is -2.46. The summed E-state index contributed by atoms with van der Waals surface area (Å²) >= 11 is 0. The first-order valence-corrected chi connectivity index (χ1v) is 11.4. The number of carbonyl (C=O) groups excluding carboxylic acids is 2. The van der Waals surface area contributed by atoms with Gasteiger partial charge in [-0.15, -0.1) is 0 Å². The number of hydrogen-bond acceptors (Lipinski definition) is 9. The van der Waals surface area contributed by atoms with E-state index in [1.165, 1.54) is 0 Å². The molecule has 3 unspecified atom stereocenters. The number of benzene rings is 1. The highest BCUT2D eigenvalue weighted by Gasteiger charge is 2.61. The molecule has 1 fully saturated rings. The third-order valence-electron chi connectivity index (χ3n) is 6.89. The van der Waals surface area contributed by atoms with E-state index >= 15 is 0 Å². The average molecular weight is 459 g/mol. The predicted octanol–water partition coefficient (Wildman–Crippen LogP) is 1.18. The minimum atomic E-state index is -0.785. The zero-order valence-electron chi connectivity index (χ0n) is 18.7. The molecule has 3 aliphatic heterocycles. The van der Waals surface area contributed by atoms with Crippen molar-refractivity contribution < 1.29 is 38.7 Å². The Balaban J connectivity index is 1.50. The number of carbonyl (C=O) groups is 2. The SMILES string of the molecule is CC(O)CC(=O)O[C@H]1CN2Cc3cc4c(cc3[C@]13C=C[C@H](OC(=O)CC(C)O)C[C@H]23)OCO4. The van der Waals surface area contributed by atoms with Crippen LogP contribution in [-0.2, 0) is 31.0 Å². The monoisotopic (exact) mass is 459 g/mol. The molecule has 9 nitrogen and oxygen atoms in total. The largest absolute Gasteiger partial charge is 0.460 e. The zero-order valence-corrected chi connectivity index (χ0v) is 18.7. The van der Waals surface area contributed by atoms with Crippen LogP contribution in [0.1, 0.15) is 44.2 Å². The third-order valence-corrected chi connectivity index (χ3v) is 6.89. The van der Waals surface area contributed by atoms with E-state index in [4.69, 9.17) is 18.9 Å². The van der Waals surface area contributed by atoms with Crippen molar-refractivity contribution in [3.63, 3.8) is 0 Å². The highest BCUT2D eigenvalue weighted by atomic mass is 16.7. The Hall–Kier alpha value is -2.62. The summed E-state index contributed by atoms with van der Waals surface area (Å²) in [6.45, 7) is 4.44. The number of hydrogen-bond donors (Lipinski definition) is 2. The van der Waals surface area contributed by atoms with Crippen molar-refractivity contribution in [3.05, 3.63) is 35.4 Å². The van der Waals surface area contributed by atoms with Gasteiger partial charge in [0.15, 0.2) is 11.5 Å². The first kappa shape index (κ1) is 22.2. The molecule has 178 valence electrons. The van der Waals surface area contributed by atoms with Crippen LogP contribution in [-0.4, -0.2) is 70.8 Å². The van der Waals surface area contributed by atoms with Gasteiger partial charge in [-0.2, -0.15) is 0 Å². The fourth-order valence-electron chi connectivity index (χ4n) is 5.62. The highest BCUT2D eigenvalue weighted by Crippen LogP contribution is 2.54. The molecule has 2 bridgehead atoms. The number of fused-ring (bicyclic) bond motifs is 2. The van der Waals surface area contributed by atoms with Gasteiger partial charge in [-0.3, -0.25) is 14.5 Å². The number of nitrogens with zero attached hydrogens (tertiary/aromatic N) is 1. The van der Waals surface area contributed by atoms with Crippen molar-refractivity contribution in [3.8, 4) is 11.5 Å². The van der Waals surface area contributed by atoms with Gasteiger partial charge in [-0.05, 0) is 43.2 Å². The van der Waals surface area contributed by atoms with Crippen molar-refractivity contribution >= 4 is 11.9 Å². The van der Waals surface area contributed by atoms with Gasteiger partial charge in [0.25, 0.3) is 0 Å². The third kappa shape index (κ3) is 3.88. The molecule has 9 heteroatoms. The van der Waals surface area contributed by atoms with E-state index in [0.29, 0.717) is 31.0 Å². The molecule has 0 spiro atoms. The molecule has 1 aromatic rings. The van der Waals surface area contributed by atoms with Crippen LogP contribution < -0.4 is 9.47 Å². The Morgan fingerprint density at radius 2 is 1.79 bits per heavy atom. The summed E-state index contributed by atoms with van der Waals surface area (Å²) in [5.41, 5.74) is 1.47. The van der Waals surface area contributed by atoms with Crippen LogP contribution in [0, 0.1) is 0 Å². The van der Waals surface area contributed by atoms with Gasteiger partial charge >= 0.3 is 11.9 Å². The van der Waals surface area contributed by atoms with Crippen LogP contribution in [0.5, 0.6) is 11.5 Å². The van der Waals surface area contributed by atoms with Crippen molar-refractivity contribution in [2.45, 2.75) is 75.5 Å². The summed E-state index contributed by atoms with van der Waals surface area (Å²) in [5.74, 6) is 0.474. The molecule has 3 heterocycles. The molecule has 0 amide bonds. The van der Waals surface area contributed by atoms with Crippen LogP contribution in [0.15, 0.2) is 24.3 Å². The van der Waals surface area contributed by atoms with E-state index < -0.39 is 41.8 Å². The van der Waals surface area contributed by atoms with E-state index in [1.807, 2.05) is 24.3 Å². The highest BCUT2D eigenvalue weighted by molar-refractivity contribution is 5.71. The average Bonchev–Trinajstić information content (AvgIpc) is 3.26. The molecule has 2 N–H and O–H groups in total. The van der Waals surface area contributed by atoms with Gasteiger partial charge in [0, 0.05) is 25.6 Å². The van der Waals surface area contributed by atoms with Gasteiger partial charge in [-0.1, -0.05) is 6.08 Å². The minimum Gasteiger partial charge on any atom is -0.460 e. The van der Waals surface area contributed by atoms with Crippen LogP contribution in [0.4, 0.5) is 0 Å². The van der Waals surface area contributed by atoms with Crippen LogP contribution in [0.2, 0.25) is 0 Å². The van der Waals surface area contributed by atoms with Crippen molar-refractivity contribution in [1.29, 1.82) is 0 Å². The Morgan fingerprint density at radius 1 is 1.12 bits per heavy atom. The summed E-state index contributed by atoms with van der Waals surface area (Å²) < 4.78 is 22.7. The van der Waals surface area contributed by atoms with Crippen molar-refractivity contribution in [1.82, 2.24) is 4.90 Å². The Labute approximate surface area is 191 Å². The molecule has 0 radical (unpaired) electrons. The Kier molecular flexibility index (Phi) is 5.58. The Morgan fingerprint density at radius 3 is 2.48 bits per heavy atom. The van der Waals surface area contributed by atoms with Gasteiger partial charge < -0.3 is 29.2 Å². The van der Waals surface area contributed by atoms with Crippen LogP contribution in [0.25, 0.3) is 0 Å². The molecule has 1 aliphatic carbocycles. The lowest BCUT2D eigenvalue weighted by molar-refractivity contribution is -0.152. The van der Waals surface area contributed by atoms with Crippen molar-refractivity contribution in [2.24, 2.45) is 0 Å². The van der Waals surface area contributed by atoms with E-state index in [1.54, 1.807) is 13.8 Å². The number of aliphatic hydroxyl groups excluding tert-OH is 2. The molecule has 1 aromatic carbocycles. The molecule has 0 saturated carbocycles. The quantitative estimate of drug-likeness (QED) is 0.478. The van der Waals surface area contributed by atoms with Crippen LogP contribution in [0.3, 0.4) is 0 Å². The van der Waals surface area contributed by atoms with Gasteiger partial charge in [0.1, 0.15) is 12.2 Å². The number of ether oxygens (including phenoxy) is 4. The summed E-state index contributed by atoms with van der Waals surface area (Å²) in [4.78, 5) is 26.9. The zero-order chi connectivity index (χ0) is 23.3. The van der Waals surface area contributed by atoms with Crippen molar-refractivity contribution in [2.75, 3.05) is 13.3 Å². The second-order valence-corrected chi connectivity index (χ2v) is 9.45. The number of esters is 2. The maximum Gasteiger partial charge on any atom is 0.308 e. The van der Waals surface area contributed by atoms with E-state index in [2.05, 4.69) is 4.90 Å². The second-order valence-electron chi connectivity index (χ2n) is 9.45. The fraction of sp³-hybridized carbons (Fsp3) is 0.583. The van der Waals surface area contributed by atoms with Crippen LogP contribution >= 0.6 is 0 Å². The molecule has 1 saturated heterocycles. The van der Waals surface area contributed by atoms with Gasteiger partial charge in [0.05, 0.1) is 30.5 Å². The first-order chi connectivity index (χ1) is 15.8. The summed E-state index contributed by atoms with van der Waals surface area (Å²) in [7, 11) is 0. The molecular formula is C24H29NO8. The van der Waals surface area contributed by atoms with Gasteiger partial charge in [-0.25, -0.2) is 0 Å². The first-order valence-electron chi connectivity index (χ1n) is 11.4. The van der Waals surface area contributed by atoms with E-state index in [-0.39, 0.29) is 25.7 Å². The maximum absolute atomic E-state index is 12.5. The summed E-state index contributed by atoms with van der Waals surface area (Å²) in [6.07, 6.45) is 1.83. The second kappa shape index (κ2) is 8.30. The normalized spacial score (nSPS) is 32.5. The molecular weight excluding hydrogens is 430 g/mol. The maximum atomic E-state index is 12.5. The predicted molar refractivity (Wildman–Crippen MR) is 115 cm³/mol. The summed E-state index contributed by atoms with van der Waals surface area (Å²) in [5, 5.41) is 19.1. The van der Waals surface area contributed by atoms with Gasteiger partial charge in [0.2, 0.25) is 6.79 Å². The Bertz CT molecular complexity index is 989. The summed E-state index contributed by atoms with van der Waals surface area (Å²) in [6, 6.07) is 3.92.